The number of anilines is 4. The van der Waals surface area contributed by atoms with E-state index in [9.17, 15) is 0 Å². The van der Waals surface area contributed by atoms with Crippen molar-refractivity contribution in [2.24, 2.45) is 5.41 Å². The topological polar surface area (TPSA) is 19.4 Å². The third-order valence-electron chi connectivity index (χ3n) is 15.8. The van der Waals surface area contributed by atoms with Gasteiger partial charge in [0.05, 0.1) is 0 Å². The molecule has 336 valence electrons. The Labute approximate surface area is 420 Å². The van der Waals surface area contributed by atoms with E-state index >= 15 is 0 Å². The van der Waals surface area contributed by atoms with Gasteiger partial charge in [-0.25, -0.2) is 0 Å². The van der Waals surface area contributed by atoms with Crippen LogP contribution in [0.4, 0.5) is 22.7 Å². The molecular weight excluding hydrogens is 1160 g/mol. The summed E-state index contributed by atoms with van der Waals surface area (Å²) in [6.07, 6.45) is 1.83. The third-order valence-corrected chi connectivity index (χ3v) is 15.8. The fourth-order valence-corrected chi connectivity index (χ4v) is 10.7. The smallest absolute Gasteiger partial charge is 0.0347 e. The maximum atomic E-state index is 4.54. The van der Waals surface area contributed by atoms with Crippen LogP contribution in [-0.2, 0) is 51.0 Å². The van der Waals surface area contributed by atoms with E-state index in [4.69, 9.17) is 0 Å². The number of para-hydroxylation sites is 1. The van der Waals surface area contributed by atoms with Gasteiger partial charge in [-0.3, -0.25) is 0 Å². The van der Waals surface area contributed by atoms with Crippen LogP contribution in [0.15, 0.2) is 152 Å². The van der Waals surface area contributed by atoms with Gasteiger partial charge >= 0.3 is 0 Å². The van der Waals surface area contributed by atoms with Gasteiger partial charge in [-0.15, -0.1) is 53.8 Å². The van der Waals surface area contributed by atoms with Crippen molar-refractivity contribution >= 4 is 22.7 Å². The maximum Gasteiger partial charge on any atom is 0.0347 e. The van der Waals surface area contributed by atoms with E-state index in [0.717, 1.165) is 33.8 Å². The van der Waals surface area contributed by atoms with Gasteiger partial charge < -0.3 is 14.8 Å². The van der Waals surface area contributed by atoms with Crippen LogP contribution in [0.2, 0.25) is 0 Å². The Bertz CT molecular complexity index is 3050. The SMILES string of the molecule is Cc1c(C)c(-c2ccccc2-c2c[c-]c(N3[CH-]N(c4ccccc4)c4cc5c(cc43)C(C)(C)C(C)(C)C5(C)C)cc2)c(C)c(C)c1-c1ccccc1-c1c[c-]c(-c2ccccn2)cc1.[Ir].[Ir]. The second-order valence-corrected chi connectivity index (χ2v) is 19.5. The van der Waals surface area contributed by atoms with Crippen LogP contribution in [0.1, 0.15) is 74.9 Å². The number of benzene rings is 7. The third kappa shape index (κ3) is 7.35. The molecule has 0 fully saturated rings. The molecule has 1 aliphatic heterocycles. The zero-order valence-electron chi connectivity index (χ0n) is 39.5. The number of hydrogen-bond donors (Lipinski definition) is 0. The fourth-order valence-electron chi connectivity index (χ4n) is 10.7. The van der Waals surface area contributed by atoms with Gasteiger partial charge in [-0.1, -0.05) is 137 Å². The summed E-state index contributed by atoms with van der Waals surface area (Å²) >= 11 is 0. The largest absolute Gasteiger partial charge is 0.493 e. The Kier molecular flexibility index (Phi) is 12.6. The minimum absolute atomic E-state index is 0. The van der Waals surface area contributed by atoms with Gasteiger partial charge in [-0.2, -0.15) is 18.2 Å². The van der Waals surface area contributed by atoms with Crippen LogP contribution < -0.4 is 9.80 Å². The van der Waals surface area contributed by atoms with Gasteiger partial charge in [0.2, 0.25) is 0 Å². The molecule has 0 atom stereocenters. The standard InChI is InChI=1S/C61H56N3.2Ir/c1-39-41(3)58(42(4)40(2)57(39)50-24-16-14-22-48(50)43-27-29-45(30-28-43)54-26-18-19-35-62-54)51-25-17-15-23-49(51)44-31-33-47(34-32-44)64-38-63(46-20-12-11-13-21-46)55-36-52-53(37-56(55)64)60(7,8)61(9,10)59(52,5)6;;/h11-29,31-33,35-38H,1-10H3;;/q-3;;. The van der Waals surface area contributed by atoms with E-state index in [-0.39, 0.29) is 56.5 Å². The molecule has 1 aromatic heterocycles. The molecule has 10 rings (SSSR count). The summed E-state index contributed by atoms with van der Waals surface area (Å²) in [5.74, 6) is 0. The molecule has 5 heteroatoms. The minimum Gasteiger partial charge on any atom is -0.493 e. The number of fused-ring (bicyclic) bond motifs is 2. The van der Waals surface area contributed by atoms with Crippen LogP contribution in [0, 0.1) is 51.9 Å². The first-order chi connectivity index (χ1) is 30.7. The predicted octanol–water partition coefficient (Wildman–Crippen LogP) is 16.2. The normalized spacial score (nSPS) is 15.1. The van der Waals surface area contributed by atoms with Gasteiger partial charge in [0.25, 0.3) is 0 Å². The number of nitrogens with zero attached hydrogens (tertiary/aromatic N) is 3. The van der Waals surface area contributed by atoms with Crippen molar-refractivity contribution in [3.8, 4) is 55.8 Å². The molecule has 1 aliphatic carbocycles. The van der Waals surface area contributed by atoms with E-state index in [1.807, 2.05) is 24.4 Å². The molecule has 0 bridgehead atoms. The molecule has 0 saturated carbocycles. The van der Waals surface area contributed by atoms with E-state index < -0.39 is 0 Å². The van der Waals surface area contributed by atoms with Crippen molar-refractivity contribution in [3.05, 3.63) is 204 Å². The van der Waals surface area contributed by atoms with E-state index in [1.165, 1.54) is 78.1 Å². The molecule has 3 nitrogen and oxygen atoms in total. The summed E-state index contributed by atoms with van der Waals surface area (Å²) in [6, 6.07) is 59.7. The fraction of sp³-hybridized carbons (Fsp3) is 0.213. The molecule has 2 heterocycles. The summed E-state index contributed by atoms with van der Waals surface area (Å²) in [7, 11) is 0. The number of aromatic nitrogens is 1. The maximum absolute atomic E-state index is 4.54. The van der Waals surface area contributed by atoms with Crippen LogP contribution >= 0.6 is 0 Å². The van der Waals surface area contributed by atoms with Crippen LogP contribution in [0.3, 0.4) is 0 Å². The summed E-state index contributed by atoms with van der Waals surface area (Å²) in [4.78, 5) is 9.22. The average molecular weight is 1220 g/mol. The first-order valence-electron chi connectivity index (χ1n) is 22.6. The quantitative estimate of drug-likeness (QED) is 0.148. The molecule has 0 N–H and O–H groups in total. The minimum atomic E-state index is -0.00945. The number of rotatable bonds is 7. The van der Waals surface area contributed by atoms with Crippen molar-refractivity contribution in [3.63, 3.8) is 0 Å². The van der Waals surface area contributed by atoms with Crippen molar-refractivity contribution in [2.75, 3.05) is 9.80 Å². The first kappa shape index (κ1) is 47.1. The van der Waals surface area contributed by atoms with E-state index in [2.05, 4.69) is 230 Å². The van der Waals surface area contributed by atoms with Crippen LogP contribution in [0.5, 0.6) is 0 Å². The molecule has 2 radical (unpaired) electrons. The summed E-state index contributed by atoms with van der Waals surface area (Å²) < 4.78 is 0. The second kappa shape index (κ2) is 17.7. The monoisotopic (exact) mass is 1220 g/mol. The summed E-state index contributed by atoms with van der Waals surface area (Å²) in [5, 5.41) is 0. The van der Waals surface area contributed by atoms with Crippen LogP contribution in [-0.4, -0.2) is 4.98 Å². The molecule has 0 unspecified atom stereocenters. The van der Waals surface area contributed by atoms with Gasteiger partial charge in [-0.05, 0) is 136 Å². The van der Waals surface area contributed by atoms with Gasteiger partial charge in [0.1, 0.15) is 0 Å². The Morgan fingerprint density at radius 3 is 1.42 bits per heavy atom. The van der Waals surface area contributed by atoms with Gasteiger partial charge in [0.15, 0.2) is 0 Å². The Balaban J connectivity index is 0.00000296. The van der Waals surface area contributed by atoms with Crippen molar-refractivity contribution in [1.82, 2.24) is 4.98 Å². The number of pyridine rings is 1. The first-order valence-corrected chi connectivity index (χ1v) is 22.6. The summed E-state index contributed by atoms with van der Waals surface area (Å²) in [5.41, 5.74) is 24.3. The van der Waals surface area contributed by atoms with E-state index in [0.29, 0.717) is 0 Å². The van der Waals surface area contributed by atoms with Crippen molar-refractivity contribution < 1.29 is 40.2 Å². The molecule has 0 amide bonds. The molecular formula is C61H56Ir2N3-3. The molecule has 7 aromatic carbocycles. The number of hydrogen-bond acceptors (Lipinski definition) is 3. The van der Waals surface area contributed by atoms with E-state index in [1.54, 1.807) is 0 Å². The zero-order valence-corrected chi connectivity index (χ0v) is 44.3. The Hall–Kier alpha value is -5.41. The Morgan fingerprint density at radius 1 is 0.485 bits per heavy atom. The molecule has 66 heavy (non-hydrogen) atoms. The van der Waals surface area contributed by atoms with Gasteiger partial charge in [0, 0.05) is 63.5 Å². The zero-order chi connectivity index (χ0) is 44.7. The molecule has 0 spiro atoms. The molecule has 2 aliphatic rings. The average Bonchev–Trinajstić information content (AvgIpc) is 3.74. The predicted molar refractivity (Wildman–Crippen MR) is 269 cm³/mol. The van der Waals surface area contributed by atoms with Crippen molar-refractivity contribution in [2.45, 2.75) is 80.1 Å². The van der Waals surface area contributed by atoms with Crippen LogP contribution in [0.25, 0.3) is 55.8 Å². The second-order valence-electron chi connectivity index (χ2n) is 19.5. The molecule has 0 saturated heterocycles. The van der Waals surface area contributed by atoms with Crippen molar-refractivity contribution in [1.29, 1.82) is 0 Å². The Morgan fingerprint density at radius 2 is 0.955 bits per heavy atom. The summed E-state index contributed by atoms with van der Waals surface area (Å²) in [6.45, 7) is 26.0. The molecule has 8 aromatic rings.